The van der Waals surface area contributed by atoms with Crippen molar-refractivity contribution < 1.29 is 35.6 Å². The van der Waals surface area contributed by atoms with E-state index in [1.165, 1.54) is 5.56 Å². The number of halogens is 6. The van der Waals surface area contributed by atoms with Crippen molar-refractivity contribution in [2.24, 2.45) is 11.8 Å². The molecule has 3 aliphatic rings. The number of aromatic nitrogens is 1. The van der Waals surface area contributed by atoms with Crippen LogP contribution in [-0.4, -0.2) is 35.7 Å². The predicted octanol–water partition coefficient (Wildman–Crippen LogP) is 10.7. The van der Waals surface area contributed by atoms with Gasteiger partial charge in [-0.2, -0.15) is 26.3 Å². The summed E-state index contributed by atoms with van der Waals surface area (Å²) in [4.78, 5) is 31.5. The normalized spacial score (nSPS) is 21.1. The van der Waals surface area contributed by atoms with E-state index in [-0.39, 0.29) is 29.6 Å². The van der Waals surface area contributed by atoms with Crippen molar-refractivity contribution in [3.63, 3.8) is 0 Å². The molecule has 3 saturated heterocycles. The first kappa shape index (κ1) is 39.3. The molecule has 2 bridgehead atoms. The topological polar surface area (TPSA) is 80.3 Å². The molecular formula is C47H39F6N4O3+. The maximum atomic E-state index is 13.9. The van der Waals surface area contributed by atoms with Crippen molar-refractivity contribution in [1.29, 1.82) is 0 Å². The van der Waals surface area contributed by atoms with E-state index in [0.717, 1.165) is 46.6 Å². The number of fused-ring (bicyclic) bond motifs is 6. The lowest BCUT2D eigenvalue weighted by Gasteiger charge is -2.59. The number of benzene rings is 5. The first-order valence-electron chi connectivity index (χ1n) is 19.6. The zero-order valence-corrected chi connectivity index (χ0v) is 32.3. The van der Waals surface area contributed by atoms with Crippen LogP contribution in [0.5, 0.6) is 5.75 Å². The highest BCUT2D eigenvalue weighted by Gasteiger charge is 2.55. The SMILES string of the molecule is C=C[C@H]1C[N@+]2(Cc3c4ccccc4cc4ccccc34)CC[C@H]1C[C@@H]2[C@@H](Nc1c(Nc2cc(C(F)(F)F)cc(C(F)(F)F)c2)c(=O)c1=O)c1ccnc2ccc(OC)cc12. The maximum Gasteiger partial charge on any atom is 0.416 e. The predicted molar refractivity (Wildman–Crippen MR) is 221 cm³/mol. The van der Waals surface area contributed by atoms with Crippen LogP contribution in [0, 0.1) is 11.8 Å². The summed E-state index contributed by atoms with van der Waals surface area (Å²) in [7, 11) is 1.54. The fraction of sp³-hybridized carbons (Fsp3) is 0.255. The molecule has 7 nitrogen and oxygen atoms in total. The number of hydrogen-bond donors (Lipinski definition) is 2. The van der Waals surface area contributed by atoms with Crippen LogP contribution in [-0.2, 0) is 18.9 Å². The number of rotatable bonds is 10. The highest BCUT2D eigenvalue weighted by molar-refractivity contribution is 6.02. The number of ether oxygens (including phenoxy) is 1. The molecule has 0 unspecified atom stereocenters. The Morgan fingerprint density at radius 3 is 2.12 bits per heavy atom. The molecule has 4 heterocycles. The molecule has 0 amide bonds. The van der Waals surface area contributed by atoms with Crippen molar-refractivity contribution in [2.75, 3.05) is 30.8 Å². The number of nitrogens with zero attached hydrogens (tertiary/aromatic N) is 2. The van der Waals surface area contributed by atoms with Crippen molar-refractivity contribution in [1.82, 2.24) is 4.98 Å². The van der Waals surface area contributed by atoms with Gasteiger partial charge in [0.15, 0.2) is 0 Å². The lowest BCUT2D eigenvalue weighted by Crippen LogP contribution is -2.68. The van der Waals surface area contributed by atoms with Gasteiger partial charge in [0.1, 0.15) is 35.8 Å². The van der Waals surface area contributed by atoms with Gasteiger partial charge in [-0.1, -0.05) is 54.6 Å². The minimum Gasteiger partial charge on any atom is -0.497 e. The molecule has 10 rings (SSSR count). The van der Waals surface area contributed by atoms with E-state index in [1.807, 2.05) is 48.5 Å². The zero-order chi connectivity index (χ0) is 42.1. The van der Waals surface area contributed by atoms with Gasteiger partial charge in [0.25, 0.3) is 10.9 Å². The third kappa shape index (κ3) is 6.74. The summed E-state index contributed by atoms with van der Waals surface area (Å²) >= 11 is 0. The number of pyridine rings is 1. The molecule has 13 heteroatoms. The van der Waals surface area contributed by atoms with E-state index < -0.39 is 51.8 Å². The van der Waals surface area contributed by atoms with E-state index in [4.69, 9.17) is 4.74 Å². The quantitative estimate of drug-likeness (QED) is 0.0470. The average Bonchev–Trinajstić information content (AvgIpc) is 3.25. The van der Waals surface area contributed by atoms with Crippen molar-refractivity contribution in [3.8, 4) is 5.75 Å². The Hall–Kier alpha value is -6.21. The lowest BCUT2D eigenvalue weighted by atomic mass is 9.70. The average molecular weight is 822 g/mol. The van der Waals surface area contributed by atoms with Crippen molar-refractivity contribution in [3.05, 3.63) is 159 Å². The second-order valence-corrected chi connectivity index (χ2v) is 16.1. The van der Waals surface area contributed by atoms with Gasteiger partial charge in [-0.05, 0) is 81.6 Å². The molecule has 0 saturated carbocycles. The van der Waals surface area contributed by atoms with Crippen LogP contribution in [0.15, 0.2) is 126 Å². The maximum absolute atomic E-state index is 13.9. The number of piperidine rings is 3. The Morgan fingerprint density at radius 2 is 1.48 bits per heavy atom. The fourth-order valence-corrected chi connectivity index (χ4v) is 9.90. The Labute approximate surface area is 340 Å². The summed E-state index contributed by atoms with van der Waals surface area (Å²) in [6.07, 6.45) is -4.96. The molecule has 306 valence electrons. The number of quaternary nitrogens is 1. The summed E-state index contributed by atoms with van der Waals surface area (Å²) in [5.74, 6) is 0.971. The minimum atomic E-state index is -5.12. The van der Waals surface area contributed by atoms with Gasteiger partial charge in [0.2, 0.25) is 0 Å². The van der Waals surface area contributed by atoms with Crippen LogP contribution in [0.4, 0.5) is 43.4 Å². The Balaban J connectivity index is 1.22. The van der Waals surface area contributed by atoms with Gasteiger partial charge in [0.05, 0.1) is 36.8 Å². The van der Waals surface area contributed by atoms with Crippen LogP contribution in [0.1, 0.15) is 41.1 Å². The second kappa shape index (κ2) is 14.5. The van der Waals surface area contributed by atoms with E-state index >= 15 is 0 Å². The van der Waals surface area contributed by atoms with Crippen molar-refractivity contribution >= 4 is 49.5 Å². The Bertz CT molecular complexity index is 2820. The number of alkyl halides is 6. The van der Waals surface area contributed by atoms with Crippen LogP contribution >= 0.6 is 0 Å². The summed E-state index contributed by atoms with van der Waals surface area (Å²) in [6.45, 7) is 6.34. The third-order valence-corrected chi connectivity index (χ3v) is 12.8. The molecule has 3 fully saturated rings. The number of hydrogen-bond acceptors (Lipinski definition) is 6. The van der Waals surface area contributed by atoms with E-state index in [9.17, 15) is 35.9 Å². The van der Waals surface area contributed by atoms with E-state index in [0.29, 0.717) is 46.2 Å². The molecule has 0 aliphatic carbocycles. The molecule has 1 aromatic heterocycles. The fourth-order valence-electron chi connectivity index (χ4n) is 9.90. The summed E-state index contributed by atoms with van der Waals surface area (Å²) < 4.78 is 89.4. The molecule has 0 spiro atoms. The molecule has 7 aromatic rings. The Morgan fingerprint density at radius 1 is 0.833 bits per heavy atom. The number of methoxy groups -OCH3 is 1. The smallest absolute Gasteiger partial charge is 0.416 e. The molecular weight excluding hydrogens is 783 g/mol. The molecule has 3 aliphatic heterocycles. The standard InChI is InChI=1S/C47H38F6N4O3/c1-3-26-24-57(25-38-34-10-6-4-8-28(34)18-29-9-5-7-11-35(29)38)17-15-27(26)19-40(57)41(36-14-16-54-39-13-12-33(60-2)23-37(36)39)56-43-42(44(58)45(43)59)55-32-21-30(46(48,49)50)20-31(22-32)47(51,52)53/h3-14,16,18,20-23,26-27,40-41H,1,15,17,19,24-25H2,2H3,(H-,55,56,58,59)/p+1/t26-,27-,40+,41-,57-/m0/s1. The van der Waals surface area contributed by atoms with Gasteiger partial charge in [-0.15, -0.1) is 6.58 Å². The van der Waals surface area contributed by atoms with Gasteiger partial charge in [-0.3, -0.25) is 14.6 Å². The summed E-state index contributed by atoms with van der Waals surface area (Å²) in [5.41, 5.74) is -3.85. The molecule has 6 aromatic carbocycles. The number of anilines is 3. The summed E-state index contributed by atoms with van der Waals surface area (Å²) in [6, 6.07) is 26.0. The first-order chi connectivity index (χ1) is 28.7. The van der Waals surface area contributed by atoms with Gasteiger partial charge in [0, 0.05) is 41.6 Å². The van der Waals surface area contributed by atoms with E-state index in [2.05, 4.69) is 52.5 Å². The number of nitrogens with one attached hydrogen (secondary N) is 2. The van der Waals surface area contributed by atoms with E-state index in [1.54, 1.807) is 19.4 Å². The molecule has 5 atom stereocenters. The molecule has 2 N–H and O–H groups in total. The third-order valence-electron chi connectivity index (χ3n) is 12.8. The highest BCUT2D eigenvalue weighted by atomic mass is 19.4. The highest BCUT2D eigenvalue weighted by Crippen LogP contribution is 2.50. The zero-order valence-electron chi connectivity index (χ0n) is 32.3. The van der Waals surface area contributed by atoms with Crippen LogP contribution in [0.2, 0.25) is 0 Å². The van der Waals surface area contributed by atoms with Gasteiger partial charge < -0.3 is 19.9 Å². The second-order valence-electron chi connectivity index (χ2n) is 16.1. The largest absolute Gasteiger partial charge is 0.497 e. The van der Waals surface area contributed by atoms with Crippen molar-refractivity contribution in [2.45, 2.75) is 43.8 Å². The van der Waals surface area contributed by atoms with Gasteiger partial charge in [-0.25, -0.2) is 0 Å². The lowest BCUT2D eigenvalue weighted by molar-refractivity contribution is -0.982. The van der Waals surface area contributed by atoms with Crippen LogP contribution in [0.25, 0.3) is 32.4 Å². The summed E-state index contributed by atoms with van der Waals surface area (Å²) in [5, 5.41) is 11.0. The monoisotopic (exact) mass is 821 g/mol. The van der Waals surface area contributed by atoms with Crippen LogP contribution in [0.3, 0.4) is 0 Å². The minimum absolute atomic E-state index is 0.0104. The van der Waals surface area contributed by atoms with Gasteiger partial charge >= 0.3 is 12.4 Å². The molecule has 60 heavy (non-hydrogen) atoms. The van der Waals surface area contributed by atoms with Crippen LogP contribution < -0.4 is 26.2 Å². The molecule has 0 radical (unpaired) electrons. The Kier molecular flexibility index (Phi) is 9.49. The first-order valence-corrected chi connectivity index (χ1v) is 19.6.